The minimum absolute atomic E-state index is 0.0421. The lowest BCUT2D eigenvalue weighted by molar-refractivity contribution is -0.157. The van der Waals surface area contributed by atoms with E-state index in [0.29, 0.717) is 17.0 Å². The van der Waals surface area contributed by atoms with Crippen LogP contribution in [-0.4, -0.2) is 23.4 Å². The van der Waals surface area contributed by atoms with Crippen LogP contribution in [0.5, 0.6) is 0 Å². The normalized spacial score (nSPS) is 26.0. The lowest BCUT2D eigenvalue weighted by Gasteiger charge is -2.35. The van der Waals surface area contributed by atoms with Gasteiger partial charge in [0.1, 0.15) is 11.6 Å². The highest BCUT2D eigenvalue weighted by Crippen LogP contribution is 2.59. The van der Waals surface area contributed by atoms with Crippen molar-refractivity contribution in [2.24, 2.45) is 5.41 Å². The molecular weight excluding hydrogens is 446 g/mol. The van der Waals surface area contributed by atoms with Crippen LogP contribution in [-0.2, 0) is 16.0 Å². The average Bonchev–Trinajstić information content (AvgIpc) is 3.28. The maximum Gasteiger partial charge on any atom is 0.324 e. The Labute approximate surface area is 205 Å². The van der Waals surface area contributed by atoms with Gasteiger partial charge in [0.05, 0.1) is 5.41 Å². The van der Waals surface area contributed by atoms with Crippen molar-refractivity contribution in [2.75, 3.05) is 0 Å². The summed E-state index contributed by atoms with van der Waals surface area (Å²) in [5.41, 5.74) is 1.98. The number of rotatable bonds is 3. The molecule has 1 spiro atoms. The first-order valence-electron chi connectivity index (χ1n) is 11.6. The second-order valence-corrected chi connectivity index (χ2v) is 10.7. The summed E-state index contributed by atoms with van der Waals surface area (Å²) >= 11 is 6.32. The Morgan fingerprint density at radius 1 is 0.971 bits per heavy atom. The fourth-order valence-corrected chi connectivity index (χ4v) is 5.92. The van der Waals surface area contributed by atoms with Gasteiger partial charge in [-0.2, -0.15) is 0 Å². The molecule has 4 nitrogen and oxygen atoms in total. The summed E-state index contributed by atoms with van der Waals surface area (Å²) in [6.07, 6.45) is 0.493. The van der Waals surface area contributed by atoms with Gasteiger partial charge in [0, 0.05) is 22.5 Å². The van der Waals surface area contributed by atoms with E-state index < -0.39 is 23.0 Å². The number of hydrogen-bond donors (Lipinski definition) is 1. The van der Waals surface area contributed by atoms with E-state index in [2.05, 4.69) is 5.32 Å². The molecule has 0 bridgehead atoms. The van der Waals surface area contributed by atoms with Gasteiger partial charge in [0.25, 0.3) is 0 Å². The van der Waals surface area contributed by atoms with Gasteiger partial charge in [0.15, 0.2) is 5.78 Å². The largest absolute Gasteiger partial charge is 0.459 e. The zero-order valence-electron chi connectivity index (χ0n) is 19.5. The minimum atomic E-state index is -0.892. The fourth-order valence-electron chi connectivity index (χ4n) is 5.72. The van der Waals surface area contributed by atoms with E-state index in [1.165, 1.54) is 0 Å². The van der Waals surface area contributed by atoms with Crippen molar-refractivity contribution < 1.29 is 14.3 Å². The molecule has 0 amide bonds. The van der Waals surface area contributed by atoms with Crippen molar-refractivity contribution in [2.45, 2.75) is 50.8 Å². The lowest BCUT2D eigenvalue weighted by Crippen LogP contribution is -2.42. The number of ether oxygens (including phenoxy) is 1. The number of Topliss-reactive ketones (excluding diaryl/α,β-unsaturated/α-hetero) is 1. The maximum absolute atomic E-state index is 14.3. The topological polar surface area (TPSA) is 55.4 Å². The molecule has 34 heavy (non-hydrogen) atoms. The molecule has 0 saturated carbocycles. The van der Waals surface area contributed by atoms with E-state index in [0.717, 1.165) is 16.7 Å². The third-order valence-electron chi connectivity index (χ3n) is 6.92. The molecule has 3 aromatic carbocycles. The highest BCUT2D eigenvalue weighted by molar-refractivity contribution is 6.30. The summed E-state index contributed by atoms with van der Waals surface area (Å²) < 4.78 is 5.86. The van der Waals surface area contributed by atoms with E-state index in [1.54, 1.807) is 6.07 Å². The van der Waals surface area contributed by atoms with Gasteiger partial charge >= 0.3 is 5.97 Å². The molecule has 1 N–H and O–H groups in total. The lowest BCUT2D eigenvalue weighted by atomic mass is 9.64. The monoisotopic (exact) mass is 473 g/mol. The van der Waals surface area contributed by atoms with Crippen LogP contribution < -0.4 is 5.32 Å². The molecule has 4 atom stereocenters. The van der Waals surface area contributed by atoms with Crippen LogP contribution in [0.2, 0.25) is 5.02 Å². The molecule has 5 rings (SSSR count). The minimum Gasteiger partial charge on any atom is -0.459 e. The number of esters is 1. The molecular formula is C29H28ClNO3. The van der Waals surface area contributed by atoms with Crippen molar-refractivity contribution in [3.63, 3.8) is 0 Å². The molecule has 3 aromatic rings. The molecule has 1 saturated heterocycles. The smallest absolute Gasteiger partial charge is 0.324 e. The van der Waals surface area contributed by atoms with Crippen molar-refractivity contribution in [1.29, 1.82) is 0 Å². The van der Waals surface area contributed by atoms with Crippen molar-refractivity contribution in [3.05, 3.63) is 106 Å². The van der Waals surface area contributed by atoms with Crippen LogP contribution in [0.1, 0.15) is 59.8 Å². The van der Waals surface area contributed by atoms with Gasteiger partial charge in [0.2, 0.25) is 0 Å². The predicted molar refractivity (Wildman–Crippen MR) is 133 cm³/mol. The summed E-state index contributed by atoms with van der Waals surface area (Å²) in [6, 6.07) is 24.2. The van der Waals surface area contributed by atoms with Crippen molar-refractivity contribution >= 4 is 23.4 Å². The summed E-state index contributed by atoms with van der Waals surface area (Å²) in [5.74, 6) is -0.714. The second-order valence-electron chi connectivity index (χ2n) is 10.3. The molecule has 174 valence electrons. The Balaban J connectivity index is 1.72. The number of ketones is 1. The van der Waals surface area contributed by atoms with Crippen LogP contribution in [0.4, 0.5) is 0 Å². The van der Waals surface area contributed by atoms with E-state index >= 15 is 0 Å². The van der Waals surface area contributed by atoms with Crippen LogP contribution in [0, 0.1) is 5.41 Å². The number of benzene rings is 3. The number of nitrogens with one attached hydrogen (secondary N) is 1. The molecule has 1 aliphatic heterocycles. The van der Waals surface area contributed by atoms with Gasteiger partial charge in [-0.15, -0.1) is 0 Å². The second kappa shape index (κ2) is 8.37. The first-order valence-corrected chi connectivity index (χ1v) is 12.0. The maximum atomic E-state index is 14.3. The highest BCUT2D eigenvalue weighted by atomic mass is 35.5. The number of halogens is 1. The van der Waals surface area contributed by atoms with Crippen LogP contribution in [0.3, 0.4) is 0 Å². The molecule has 2 aliphatic rings. The van der Waals surface area contributed by atoms with Crippen LogP contribution in [0.25, 0.3) is 0 Å². The van der Waals surface area contributed by atoms with Gasteiger partial charge in [-0.25, -0.2) is 0 Å². The number of carbonyl (C=O) groups excluding carboxylic acids is 2. The third kappa shape index (κ3) is 3.75. The summed E-state index contributed by atoms with van der Waals surface area (Å²) in [7, 11) is 0. The van der Waals surface area contributed by atoms with Crippen LogP contribution in [0.15, 0.2) is 78.9 Å². The zero-order valence-corrected chi connectivity index (χ0v) is 20.3. The van der Waals surface area contributed by atoms with Gasteiger partial charge in [-0.3, -0.25) is 14.9 Å². The molecule has 0 aromatic heterocycles. The molecule has 0 unspecified atom stereocenters. The Hall–Kier alpha value is -2.95. The van der Waals surface area contributed by atoms with Gasteiger partial charge < -0.3 is 4.74 Å². The van der Waals surface area contributed by atoms with Crippen LogP contribution >= 0.6 is 11.6 Å². The first kappa shape index (κ1) is 22.8. The van der Waals surface area contributed by atoms with E-state index in [1.807, 2.05) is 93.6 Å². The SMILES string of the molecule is CC(C)(C)OC(=O)[C@H]1N[C@@H](c2ccccc2)[C@]2(Cc3cc(Cl)ccc3C2=O)[C@@H]1c1ccccc1. The Morgan fingerprint density at radius 3 is 2.21 bits per heavy atom. The van der Waals surface area contributed by atoms with Gasteiger partial charge in [-0.05, 0) is 62.1 Å². The Bertz CT molecular complexity index is 1240. The van der Waals surface area contributed by atoms with E-state index in [-0.39, 0.29) is 17.8 Å². The van der Waals surface area contributed by atoms with E-state index in [9.17, 15) is 9.59 Å². The summed E-state index contributed by atoms with van der Waals surface area (Å²) in [6.45, 7) is 5.58. The fraction of sp³-hybridized carbons (Fsp3) is 0.310. The summed E-state index contributed by atoms with van der Waals surface area (Å²) in [5, 5.41) is 4.17. The Morgan fingerprint density at radius 2 is 1.59 bits per heavy atom. The predicted octanol–water partition coefficient (Wildman–Crippen LogP) is 5.90. The number of carbonyl (C=O) groups is 2. The standard InChI is InChI=1S/C29H28ClNO3/c1-28(2,3)34-27(33)24-23(18-10-6-4-7-11-18)29(25(31-24)19-12-8-5-9-13-19)17-20-16-21(30)14-15-22(20)26(29)32/h4-16,23-25,31H,17H2,1-3H3/t23-,24+,25+,29+/m1/s1. The number of hydrogen-bond acceptors (Lipinski definition) is 4. The molecule has 5 heteroatoms. The quantitative estimate of drug-likeness (QED) is 0.481. The first-order chi connectivity index (χ1) is 16.2. The third-order valence-corrected chi connectivity index (χ3v) is 7.15. The zero-order chi connectivity index (χ0) is 24.1. The molecule has 1 fully saturated rings. The van der Waals surface area contributed by atoms with Crippen molar-refractivity contribution in [3.8, 4) is 0 Å². The average molecular weight is 474 g/mol. The van der Waals surface area contributed by atoms with Crippen molar-refractivity contribution in [1.82, 2.24) is 5.32 Å². The van der Waals surface area contributed by atoms with Gasteiger partial charge in [-0.1, -0.05) is 72.3 Å². The molecule has 1 aliphatic carbocycles. The number of fused-ring (bicyclic) bond motifs is 1. The molecule has 0 radical (unpaired) electrons. The van der Waals surface area contributed by atoms with E-state index in [4.69, 9.17) is 16.3 Å². The Kier molecular flexibility index (Phi) is 5.62. The summed E-state index contributed by atoms with van der Waals surface area (Å²) in [4.78, 5) is 27.9. The molecule has 1 heterocycles. The highest BCUT2D eigenvalue weighted by Gasteiger charge is 2.64.